The molecule has 2 amide bonds. The molecule has 5 heteroatoms. The Morgan fingerprint density at radius 2 is 2.21 bits per heavy atom. The number of nitrogens with two attached hydrogens (primary N) is 1. The van der Waals surface area contributed by atoms with Crippen LogP contribution in [0.4, 0.5) is 4.79 Å². The Kier molecular flexibility index (Phi) is 4.47. The van der Waals surface area contributed by atoms with Crippen molar-refractivity contribution in [1.29, 1.82) is 0 Å². The molecule has 2 heterocycles. The molecule has 1 aliphatic heterocycles. The number of nitrogens with zero attached hydrogens (tertiary/aromatic N) is 1. The lowest BCUT2D eigenvalue weighted by molar-refractivity contribution is 0.183. The third-order valence-corrected chi connectivity index (χ3v) is 5.06. The zero-order valence-corrected chi connectivity index (χ0v) is 12.5. The van der Waals surface area contributed by atoms with Gasteiger partial charge in [0.15, 0.2) is 0 Å². The number of carbonyl (C=O) groups is 1. The van der Waals surface area contributed by atoms with Crippen LogP contribution in [0, 0.1) is 0 Å². The molecule has 1 saturated heterocycles. The molecule has 1 aliphatic rings. The average molecular weight is 281 g/mol. The molecular weight excluding hydrogens is 258 g/mol. The zero-order chi connectivity index (χ0) is 13.9. The van der Waals surface area contributed by atoms with E-state index in [2.05, 4.69) is 36.7 Å². The molecule has 3 N–H and O–H groups in total. The molecule has 0 aromatic carbocycles. The van der Waals surface area contributed by atoms with E-state index in [0.717, 1.165) is 32.5 Å². The molecule has 0 bridgehead atoms. The Labute approximate surface area is 119 Å². The molecule has 0 atom stereocenters. The van der Waals surface area contributed by atoms with Gasteiger partial charge in [0.2, 0.25) is 0 Å². The van der Waals surface area contributed by atoms with Gasteiger partial charge in [0, 0.05) is 36.0 Å². The number of carbonyl (C=O) groups excluding carboxylic acids is 1. The number of primary amides is 1. The number of piperidine rings is 1. The lowest BCUT2D eigenvalue weighted by Crippen LogP contribution is -2.48. The lowest BCUT2D eigenvalue weighted by Gasteiger charge is -2.33. The van der Waals surface area contributed by atoms with E-state index in [1.165, 1.54) is 4.88 Å². The topological polar surface area (TPSA) is 58.4 Å². The Bertz CT molecular complexity index is 408. The van der Waals surface area contributed by atoms with Crippen molar-refractivity contribution in [3.8, 4) is 0 Å². The van der Waals surface area contributed by atoms with Gasteiger partial charge in [0.25, 0.3) is 0 Å². The van der Waals surface area contributed by atoms with Crippen molar-refractivity contribution in [3.05, 3.63) is 22.4 Å². The van der Waals surface area contributed by atoms with E-state index in [-0.39, 0.29) is 11.4 Å². The Morgan fingerprint density at radius 1 is 1.53 bits per heavy atom. The van der Waals surface area contributed by atoms with Crippen LogP contribution in [0.3, 0.4) is 0 Å². The fourth-order valence-electron chi connectivity index (χ4n) is 2.45. The van der Waals surface area contributed by atoms with Crippen molar-refractivity contribution in [2.45, 2.75) is 38.1 Å². The van der Waals surface area contributed by atoms with Crippen molar-refractivity contribution < 1.29 is 4.79 Å². The molecule has 1 aromatic rings. The highest BCUT2D eigenvalue weighted by molar-refractivity contribution is 7.10. The summed E-state index contributed by atoms with van der Waals surface area (Å²) in [4.78, 5) is 14.2. The Morgan fingerprint density at radius 3 is 2.74 bits per heavy atom. The van der Waals surface area contributed by atoms with Crippen molar-refractivity contribution >= 4 is 17.4 Å². The first-order valence-electron chi connectivity index (χ1n) is 6.81. The van der Waals surface area contributed by atoms with Crippen LogP contribution in [0.15, 0.2) is 17.5 Å². The number of urea groups is 1. The summed E-state index contributed by atoms with van der Waals surface area (Å²) in [6.07, 6.45) is 1.98. The first-order chi connectivity index (χ1) is 8.99. The number of hydrogen-bond acceptors (Lipinski definition) is 3. The standard InChI is InChI=1S/C14H23N3OS/c1-14(2,12-4-3-9-19-12)10-16-11-5-7-17(8-6-11)13(15)18/h3-4,9,11,16H,5-8,10H2,1-2H3,(H2,15,18). The predicted octanol–water partition coefficient (Wildman–Crippen LogP) is 2.16. The summed E-state index contributed by atoms with van der Waals surface area (Å²) in [6, 6.07) is 4.50. The van der Waals surface area contributed by atoms with Gasteiger partial charge in [-0.1, -0.05) is 19.9 Å². The molecule has 106 valence electrons. The van der Waals surface area contributed by atoms with Crippen LogP contribution in [0.5, 0.6) is 0 Å². The SMILES string of the molecule is CC(C)(CNC1CCN(C(N)=O)CC1)c1cccs1. The second-order valence-electron chi connectivity index (χ2n) is 5.84. The third-order valence-electron chi connectivity index (χ3n) is 3.83. The second kappa shape index (κ2) is 5.92. The molecule has 0 radical (unpaired) electrons. The number of thiophene rings is 1. The number of hydrogen-bond donors (Lipinski definition) is 2. The molecule has 4 nitrogen and oxygen atoms in total. The molecule has 0 saturated carbocycles. The smallest absolute Gasteiger partial charge is 0.314 e. The van der Waals surface area contributed by atoms with Crippen molar-refractivity contribution in [2.75, 3.05) is 19.6 Å². The maximum Gasteiger partial charge on any atom is 0.314 e. The fourth-order valence-corrected chi connectivity index (χ4v) is 3.31. The minimum atomic E-state index is -0.294. The van der Waals surface area contributed by atoms with Crippen LogP contribution in [0.2, 0.25) is 0 Å². The van der Waals surface area contributed by atoms with Crippen LogP contribution in [-0.2, 0) is 5.41 Å². The van der Waals surface area contributed by atoms with E-state index in [1.807, 2.05) is 11.3 Å². The summed E-state index contributed by atoms with van der Waals surface area (Å²) in [5.41, 5.74) is 5.45. The van der Waals surface area contributed by atoms with Gasteiger partial charge >= 0.3 is 6.03 Å². The van der Waals surface area contributed by atoms with Gasteiger partial charge in [-0.3, -0.25) is 0 Å². The van der Waals surface area contributed by atoms with Gasteiger partial charge in [-0.25, -0.2) is 4.79 Å². The third kappa shape index (κ3) is 3.70. The summed E-state index contributed by atoms with van der Waals surface area (Å²) in [5, 5.41) is 5.76. The minimum Gasteiger partial charge on any atom is -0.351 e. The van der Waals surface area contributed by atoms with Crippen LogP contribution in [-0.4, -0.2) is 36.6 Å². The van der Waals surface area contributed by atoms with E-state index in [4.69, 9.17) is 5.73 Å². The molecule has 0 spiro atoms. The first-order valence-corrected chi connectivity index (χ1v) is 7.69. The molecule has 1 fully saturated rings. The van der Waals surface area contributed by atoms with Gasteiger partial charge in [-0.2, -0.15) is 0 Å². The van der Waals surface area contributed by atoms with Crippen molar-refractivity contribution in [3.63, 3.8) is 0 Å². The molecule has 0 unspecified atom stereocenters. The van der Waals surface area contributed by atoms with E-state index in [1.54, 1.807) is 4.90 Å². The molecule has 19 heavy (non-hydrogen) atoms. The summed E-state index contributed by atoms with van der Waals surface area (Å²) >= 11 is 1.81. The maximum atomic E-state index is 11.1. The van der Waals surface area contributed by atoms with Gasteiger partial charge < -0.3 is 16.0 Å². The Balaban J connectivity index is 1.79. The highest BCUT2D eigenvalue weighted by atomic mass is 32.1. The van der Waals surface area contributed by atoms with E-state index >= 15 is 0 Å². The number of nitrogens with one attached hydrogen (secondary N) is 1. The van der Waals surface area contributed by atoms with Gasteiger partial charge in [-0.05, 0) is 24.3 Å². The molecular formula is C14H23N3OS. The van der Waals surface area contributed by atoms with Gasteiger partial charge in [0.05, 0.1) is 0 Å². The highest BCUT2D eigenvalue weighted by Gasteiger charge is 2.25. The predicted molar refractivity (Wildman–Crippen MR) is 79.5 cm³/mol. The summed E-state index contributed by atoms with van der Waals surface area (Å²) in [7, 11) is 0. The van der Waals surface area contributed by atoms with E-state index in [0.29, 0.717) is 6.04 Å². The average Bonchev–Trinajstić information content (AvgIpc) is 2.91. The van der Waals surface area contributed by atoms with Crippen LogP contribution in [0.25, 0.3) is 0 Å². The van der Waals surface area contributed by atoms with E-state index < -0.39 is 0 Å². The lowest BCUT2D eigenvalue weighted by atomic mass is 9.90. The monoisotopic (exact) mass is 281 g/mol. The van der Waals surface area contributed by atoms with E-state index in [9.17, 15) is 4.79 Å². The normalized spacial score (nSPS) is 17.7. The largest absolute Gasteiger partial charge is 0.351 e. The second-order valence-corrected chi connectivity index (χ2v) is 6.79. The molecule has 2 rings (SSSR count). The first kappa shape index (κ1) is 14.3. The zero-order valence-electron chi connectivity index (χ0n) is 11.7. The number of amides is 2. The van der Waals surface area contributed by atoms with Gasteiger partial charge in [-0.15, -0.1) is 11.3 Å². The summed E-state index contributed by atoms with van der Waals surface area (Å²) in [5.74, 6) is 0. The highest BCUT2D eigenvalue weighted by Crippen LogP contribution is 2.27. The molecule has 0 aliphatic carbocycles. The summed E-state index contributed by atoms with van der Waals surface area (Å²) in [6.45, 7) is 7.04. The Hall–Kier alpha value is -1.07. The van der Waals surface area contributed by atoms with Crippen molar-refractivity contribution in [1.82, 2.24) is 10.2 Å². The number of likely N-dealkylation sites (tertiary alicyclic amines) is 1. The summed E-state index contributed by atoms with van der Waals surface area (Å²) < 4.78 is 0. The maximum absolute atomic E-state index is 11.1. The van der Waals surface area contributed by atoms with Crippen LogP contribution < -0.4 is 11.1 Å². The minimum absolute atomic E-state index is 0.162. The van der Waals surface area contributed by atoms with Gasteiger partial charge in [0.1, 0.15) is 0 Å². The van der Waals surface area contributed by atoms with Crippen LogP contribution >= 0.6 is 11.3 Å². The van der Waals surface area contributed by atoms with Crippen LogP contribution in [0.1, 0.15) is 31.6 Å². The fraction of sp³-hybridized carbons (Fsp3) is 0.643. The number of rotatable bonds is 4. The quantitative estimate of drug-likeness (QED) is 0.888. The molecule has 1 aromatic heterocycles. The van der Waals surface area contributed by atoms with Crippen molar-refractivity contribution in [2.24, 2.45) is 5.73 Å².